The second-order valence-corrected chi connectivity index (χ2v) is 7.66. The van der Waals surface area contributed by atoms with Crippen LogP contribution in [0.5, 0.6) is 5.75 Å². The molecule has 2 N–H and O–H groups in total. The Morgan fingerprint density at radius 3 is 2.53 bits per heavy atom. The zero-order valence-corrected chi connectivity index (χ0v) is 17.9. The Morgan fingerprint density at radius 1 is 1.13 bits per heavy atom. The quantitative estimate of drug-likeness (QED) is 0.459. The van der Waals surface area contributed by atoms with Crippen LogP contribution in [0.3, 0.4) is 0 Å². The molecule has 0 bridgehead atoms. The lowest BCUT2D eigenvalue weighted by molar-refractivity contribution is 0.0977. The molecule has 0 atom stereocenters. The summed E-state index contributed by atoms with van der Waals surface area (Å²) >= 11 is 6.72. The molecule has 0 spiro atoms. The third-order valence-electron chi connectivity index (χ3n) is 4.19. The summed E-state index contributed by atoms with van der Waals surface area (Å²) in [7, 11) is 0. The van der Waals surface area contributed by atoms with Crippen molar-refractivity contribution < 1.29 is 9.53 Å². The van der Waals surface area contributed by atoms with Gasteiger partial charge in [0.05, 0.1) is 6.61 Å². The number of amides is 1. The molecular weight excluding hydrogens is 420 g/mol. The minimum atomic E-state index is -0.290. The van der Waals surface area contributed by atoms with E-state index in [9.17, 15) is 4.79 Å². The Morgan fingerprint density at radius 2 is 1.87 bits per heavy atom. The molecule has 0 aliphatic carbocycles. The number of nitrogens with zero attached hydrogens (tertiary/aromatic N) is 4. The third-order valence-corrected chi connectivity index (χ3v) is 5.34. The van der Waals surface area contributed by atoms with Gasteiger partial charge in [0.2, 0.25) is 4.96 Å². The lowest BCUT2D eigenvalue weighted by atomic mass is 10.2. The van der Waals surface area contributed by atoms with Crippen LogP contribution in [0.4, 0.5) is 5.69 Å². The highest BCUT2D eigenvalue weighted by Crippen LogP contribution is 2.26. The van der Waals surface area contributed by atoms with Gasteiger partial charge in [-0.1, -0.05) is 11.3 Å². The van der Waals surface area contributed by atoms with Gasteiger partial charge in [-0.3, -0.25) is 10.1 Å². The van der Waals surface area contributed by atoms with Gasteiger partial charge >= 0.3 is 0 Å². The molecule has 30 heavy (non-hydrogen) atoms. The Labute approximate surface area is 181 Å². The highest BCUT2D eigenvalue weighted by atomic mass is 32.1. The SMILES string of the molecule is CCOc1ccc(C(=O)NC(=S)Nc2ccc(-c3nn4c(C)nnc4s3)cc2)cc1. The van der Waals surface area contributed by atoms with Gasteiger partial charge in [-0.15, -0.1) is 10.2 Å². The Hall–Kier alpha value is -3.37. The van der Waals surface area contributed by atoms with Gasteiger partial charge < -0.3 is 10.1 Å². The van der Waals surface area contributed by atoms with Crippen molar-refractivity contribution in [2.24, 2.45) is 0 Å². The highest BCUT2D eigenvalue weighted by Gasteiger charge is 2.11. The fraction of sp³-hybridized carbons (Fsp3) is 0.150. The number of carbonyl (C=O) groups excluding carboxylic acids is 1. The number of aryl methyl sites for hydroxylation is 1. The summed E-state index contributed by atoms with van der Waals surface area (Å²) in [4.78, 5) is 13.1. The lowest BCUT2D eigenvalue weighted by Gasteiger charge is -2.10. The first-order chi connectivity index (χ1) is 14.5. The number of rotatable bonds is 5. The van der Waals surface area contributed by atoms with Crippen LogP contribution in [-0.4, -0.2) is 37.4 Å². The second kappa shape index (κ2) is 8.56. The Balaban J connectivity index is 1.37. The van der Waals surface area contributed by atoms with Crippen molar-refractivity contribution >= 4 is 45.2 Å². The molecule has 152 valence electrons. The van der Waals surface area contributed by atoms with E-state index in [4.69, 9.17) is 17.0 Å². The van der Waals surface area contributed by atoms with Crippen molar-refractivity contribution in [2.45, 2.75) is 13.8 Å². The van der Waals surface area contributed by atoms with E-state index in [0.717, 1.165) is 32.8 Å². The zero-order valence-electron chi connectivity index (χ0n) is 16.2. The Bertz CT molecular complexity index is 1200. The molecule has 4 aromatic rings. The Kier molecular flexibility index (Phi) is 5.68. The van der Waals surface area contributed by atoms with Gasteiger partial charge in [0.1, 0.15) is 10.8 Å². The van der Waals surface area contributed by atoms with E-state index in [1.807, 2.05) is 38.1 Å². The van der Waals surface area contributed by atoms with Crippen LogP contribution < -0.4 is 15.4 Å². The molecule has 0 unspecified atom stereocenters. The fourth-order valence-corrected chi connectivity index (χ4v) is 3.84. The first-order valence-corrected chi connectivity index (χ1v) is 10.4. The van der Waals surface area contributed by atoms with Crippen molar-refractivity contribution in [1.29, 1.82) is 0 Å². The summed E-state index contributed by atoms with van der Waals surface area (Å²) in [5.41, 5.74) is 2.21. The molecule has 1 amide bonds. The van der Waals surface area contributed by atoms with Crippen LogP contribution in [0.15, 0.2) is 48.5 Å². The van der Waals surface area contributed by atoms with Gasteiger partial charge in [-0.25, -0.2) is 0 Å². The number of hydrogen-bond acceptors (Lipinski definition) is 7. The molecule has 2 heterocycles. The molecule has 8 nitrogen and oxygen atoms in total. The highest BCUT2D eigenvalue weighted by molar-refractivity contribution is 7.80. The molecule has 4 rings (SSSR count). The number of benzene rings is 2. The molecule has 2 aromatic heterocycles. The maximum atomic E-state index is 12.3. The van der Waals surface area contributed by atoms with Crippen LogP contribution in [0, 0.1) is 6.92 Å². The van der Waals surface area contributed by atoms with Gasteiger partial charge in [-0.2, -0.15) is 9.61 Å². The standard InChI is InChI=1S/C20H18N6O2S2/c1-3-28-16-10-6-13(7-11-16)17(27)22-19(29)21-15-8-4-14(5-9-15)18-25-26-12(2)23-24-20(26)30-18/h4-11H,3H2,1-2H3,(H2,21,22,27,29). The number of aromatic nitrogens is 4. The lowest BCUT2D eigenvalue weighted by Crippen LogP contribution is -2.34. The van der Waals surface area contributed by atoms with Crippen LogP contribution in [0.25, 0.3) is 15.5 Å². The van der Waals surface area contributed by atoms with Crippen molar-refractivity contribution in [3.05, 3.63) is 59.9 Å². The van der Waals surface area contributed by atoms with Crippen LogP contribution in [-0.2, 0) is 0 Å². The molecule has 0 radical (unpaired) electrons. The van der Waals surface area contributed by atoms with Crippen molar-refractivity contribution in [1.82, 2.24) is 25.1 Å². The van der Waals surface area contributed by atoms with Gasteiger partial charge in [-0.05, 0) is 74.6 Å². The van der Waals surface area contributed by atoms with Crippen molar-refractivity contribution in [3.8, 4) is 16.3 Å². The van der Waals surface area contributed by atoms with Gasteiger partial charge in [0, 0.05) is 16.8 Å². The average Bonchev–Trinajstić information content (AvgIpc) is 3.31. The van der Waals surface area contributed by atoms with E-state index in [1.165, 1.54) is 11.3 Å². The van der Waals surface area contributed by atoms with Crippen LogP contribution in [0.1, 0.15) is 23.1 Å². The molecular formula is C20H18N6O2S2. The molecule has 0 fully saturated rings. The van der Waals surface area contributed by atoms with Gasteiger partial charge in [0.15, 0.2) is 10.9 Å². The average molecular weight is 439 g/mol. The summed E-state index contributed by atoms with van der Waals surface area (Å²) in [6.07, 6.45) is 0. The largest absolute Gasteiger partial charge is 0.494 e. The first-order valence-electron chi connectivity index (χ1n) is 9.18. The second-order valence-electron chi connectivity index (χ2n) is 6.29. The molecule has 0 aliphatic heterocycles. The van der Waals surface area contributed by atoms with Crippen LogP contribution >= 0.6 is 23.6 Å². The minimum absolute atomic E-state index is 0.219. The van der Waals surface area contributed by atoms with E-state index in [0.29, 0.717) is 12.2 Å². The predicted octanol–water partition coefficient (Wildman–Crippen LogP) is 3.69. The van der Waals surface area contributed by atoms with Crippen LogP contribution in [0.2, 0.25) is 0 Å². The summed E-state index contributed by atoms with van der Waals surface area (Å²) in [6.45, 7) is 4.34. The molecule has 0 saturated heterocycles. The maximum absolute atomic E-state index is 12.3. The first kappa shape index (κ1) is 19.9. The topological polar surface area (TPSA) is 93.4 Å². The molecule has 0 aliphatic rings. The minimum Gasteiger partial charge on any atom is -0.494 e. The van der Waals surface area contributed by atoms with Gasteiger partial charge in [0.25, 0.3) is 5.91 Å². The van der Waals surface area contributed by atoms with E-state index < -0.39 is 0 Å². The number of hydrogen-bond donors (Lipinski definition) is 2. The van der Waals surface area contributed by atoms with E-state index in [2.05, 4.69) is 25.9 Å². The number of anilines is 1. The number of fused-ring (bicyclic) bond motifs is 1. The molecule has 2 aromatic carbocycles. The number of thiocarbonyl (C=S) groups is 1. The number of ether oxygens (including phenoxy) is 1. The normalized spacial score (nSPS) is 10.7. The smallest absolute Gasteiger partial charge is 0.257 e. The summed E-state index contributed by atoms with van der Waals surface area (Å²) in [6, 6.07) is 14.5. The summed E-state index contributed by atoms with van der Waals surface area (Å²) in [5, 5.41) is 19.3. The monoisotopic (exact) mass is 438 g/mol. The fourth-order valence-electron chi connectivity index (χ4n) is 2.73. The van der Waals surface area contributed by atoms with Crippen molar-refractivity contribution in [2.75, 3.05) is 11.9 Å². The maximum Gasteiger partial charge on any atom is 0.257 e. The summed E-state index contributed by atoms with van der Waals surface area (Å²) in [5.74, 6) is 1.18. The number of nitrogens with one attached hydrogen (secondary N) is 2. The predicted molar refractivity (Wildman–Crippen MR) is 120 cm³/mol. The van der Waals surface area contributed by atoms with E-state index >= 15 is 0 Å². The molecule has 10 heteroatoms. The van der Waals surface area contributed by atoms with E-state index in [1.54, 1.807) is 28.8 Å². The van der Waals surface area contributed by atoms with E-state index in [-0.39, 0.29) is 11.0 Å². The van der Waals surface area contributed by atoms with Crippen molar-refractivity contribution in [3.63, 3.8) is 0 Å². The molecule has 0 saturated carbocycles. The third kappa shape index (κ3) is 4.29. The summed E-state index contributed by atoms with van der Waals surface area (Å²) < 4.78 is 7.10. The number of carbonyl (C=O) groups is 1. The zero-order chi connectivity index (χ0) is 21.1.